The molecule has 0 aliphatic carbocycles. The van der Waals surface area contributed by atoms with Crippen molar-refractivity contribution in [2.75, 3.05) is 20.1 Å². The van der Waals surface area contributed by atoms with Crippen molar-refractivity contribution in [1.29, 1.82) is 0 Å². The van der Waals surface area contributed by atoms with E-state index in [0.717, 1.165) is 27.4 Å². The van der Waals surface area contributed by atoms with E-state index < -0.39 is 0 Å². The molecule has 3 rings (SSSR count). The van der Waals surface area contributed by atoms with Crippen LogP contribution in [0.1, 0.15) is 12.0 Å². The quantitative estimate of drug-likeness (QED) is 0.539. The first-order valence-electron chi connectivity index (χ1n) is 8.74. The molecule has 0 radical (unpaired) electrons. The van der Waals surface area contributed by atoms with E-state index in [2.05, 4.69) is 5.32 Å². The van der Waals surface area contributed by atoms with Crippen LogP contribution in [-0.2, 0) is 11.3 Å². The summed E-state index contributed by atoms with van der Waals surface area (Å²) in [5, 5.41) is 5.80. The number of alkyl halides is 1. The fourth-order valence-corrected chi connectivity index (χ4v) is 3.68. The van der Waals surface area contributed by atoms with Gasteiger partial charge in [-0.25, -0.2) is 4.98 Å². The molecule has 2 aromatic carbocycles. The van der Waals surface area contributed by atoms with Crippen molar-refractivity contribution in [2.24, 2.45) is 0 Å². The summed E-state index contributed by atoms with van der Waals surface area (Å²) in [6.07, 6.45) is 0.331. The van der Waals surface area contributed by atoms with E-state index in [4.69, 9.17) is 26.1 Å². The van der Waals surface area contributed by atoms with Gasteiger partial charge < -0.3 is 14.8 Å². The number of hydrogen-bond donors (Lipinski definition) is 1. The van der Waals surface area contributed by atoms with Gasteiger partial charge in [0.15, 0.2) is 11.5 Å². The summed E-state index contributed by atoms with van der Waals surface area (Å²) in [6.45, 7) is 0.491. The number of nitrogens with one attached hydrogen (secondary N) is 1. The fourth-order valence-electron chi connectivity index (χ4n) is 2.67. The highest BCUT2D eigenvalue weighted by Crippen LogP contribution is 2.34. The smallest absolute Gasteiger partial charge is 0.221 e. The number of methoxy groups -OCH3 is 2. The molecule has 1 aromatic heterocycles. The Bertz CT molecular complexity index is 941. The lowest BCUT2D eigenvalue weighted by molar-refractivity contribution is -0.120. The molecule has 3 aromatic rings. The second-order valence-electron chi connectivity index (χ2n) is 6.02. The molecule has 0 fully saturated rings. The van der Waals surface area contributed by atoms with E-state index in [0.29, 0.717) is 30.3 Å². The molecule has 0 saturated carbocycles. The SMILES string of the molecule is COc1ccc(-c2csc(-c3ccc(CNC(=O)CCCl)cc3)n2)cc1OC. The summed E-state index contributed by atoms with van der Waals surface area (Å²) in [5.74, 6) is 1.65. The number of hydrogen-bond acceptors (Lipinski definition) is 5. The van der Waals surface area contributed by atoms with Gasteiger partial charge in [-0.3, -0.25) is 4.79 Å². The van der Waals surface area contributed by atoms with Gasteiger partial charge in [0.25, 0.3) is 0 Å². The van der Waals surface area contributed by atoms with E-state index >= 15 is 0 Å². The lowest BCUT2D eigenvalue weighted by Gasteiger charge is -2.08. The van der Waals surface area contributed by atoms with Crippen LogP contribution >= 0.6 is 22.9 Å². The van der Waals surface area contributed by atoms with E-state index in [9.17, 15) is 4.79 Å². The monoisotopic (exact) mass is 416 g/mol. The maximum absolute atomic E-state index is 11.5. The van der Waals surface area contributed by atoms with Crippen LogP contribution in [0.3, 0.4) is 0 Å². The second-order valence-corrected chi connectivity index (χ2v) is 7.26. The molecule has 0 bridgehead atoms. The van der Waals surface area contributed by atoms with Crippen LogP contribution in [0.2, 0.25) is 0 Å². The van der Waals surface area contributed by atoms with Crippen LogP contribution in [0.4, 0.5) is 0 Å². The van der Waals surface area contributed by atoms with Gasteiger partial charge in [-0.2, -0.15) is 0 Å². The molecule has 0 unspecified atom stereocenters. The minimum Gasteiger partial charge on any atom is -0.493 e. The minimum absolute atomic E-state index is 0.0430. The number of carbonyl (C=O) groups excluding carboxylic acids is 1. The third kappa shape index (κ3) is 4.82. The molecule has 0 aliphatic rings. The van der Waals surface area contributed by atoms with Crippen LogP contribution in [0.25, 0.3) is 21.8 Å². The Hall–Kier alpha value is -2.57. The number of halogens is 1. The van der Waals surface area contributed by atoms with E-state index in [1.54, 1.807) is 25.6 Å². The summed E-state index contributed by atoms with van der Waals surface area (Å²) >= 11 is 7.15. The number of ether oxygens (including phenoxy) is 2. The highest BCUT2D eigenvalue weighted by atomic mass is 35.5. The van der Waals surface area contributed by atoms with Gasteiger partial charge in [0.1, 0.15) is 5.01 Å². The molecule has 146 valence electrons. The zero-order valence-electron chi connectivity index (χ0n) is 15.7. The van der Waals surface area contributed by atoms with Crippen molar-refractivity contribution in [3.63, 3.8) is 0 Å². The topological polar surface area (TPSA) is 60.5 Å². The Morgan fingerprint density at radius 1 is 1.07 bits per heavy atom. The van der Waals surface area contributed by atoms with Crippen molar-refractivity contribution < 1.29 is 14.3 Å². The molecule has 5 nitrogen and oxygen atoms in total. The van der Waals surface area contributed by atoms with Crippen LogP contribution in [0, 0.1) is 0 Å². The Labute approximate surface area is 173 Å². The first kappa shape index (κ1) is 20.2. The molecule has 0 aliphatic heterocycles. The average molecular weight is 417 g/mol. The number of rotatable bonds is 8. The van der Waals surface area contributed by atoms with Crippen molar-refractivity contribution in [1.82, 2.24) is 10.3 Å². The normalized spacial score (nSPS) is 10.5. The predicted molar refractivity (Wildman–Crippen MR) is 113 cm³/mol. The highest BCUT2D eigenvalue weighted by Gasteiger charge is 2.10. The molecule has 1 amide bonds. The summed E-state index contributed by atoms with van der Waals surface area (Å²) in [6, 6.07) is 13.8. The Morgan fingerprint density at radius 3 is 2.46 bits per heavy atom. The number of carbonyl (C=O) groups is 1. The highest BCUT2D eigenvalue weighted by molar-refractivity contribution is 7.13. The van der Waals surface area contributed by atoms with Crippen molar-refractivity contribution in [3.8, 4) is 33.3 Å². The molecular weight excluding hydrogens is 396 g/mol. The summed E-state index contributed by atoms with van der Waals surface area (Å²) in [7, 11) is 3.24. The molecule has 0 spiro atoms. The van der Waals surface area contributed by atoms with Crippen LogP contribution in [0.15, 0.2) is 47.8 Å². The van der Waals surface area contributed by atoms with Gasteiger partial charge in [0.2, 0.25) is 5.91 Å². The molecule has 7 heteroatoms. The van der Waals surface area contributed by atoms with E-state index in [1.165, 1.54) is 0 Å². The lowest BCUT2D eigenvalue weighted by Crippen LogP contribution is -2.22. The number of thiazole rings is 1. The maximum atomic E-state index is 11.5. The third-order valence-corrected chi connectivity index (χ3v) is 5.28. The van der Waals surface area contributed by atoms with Gasteiger partial charge in [0, 0.05) is 35.4 Å². The fraction of sp³-hybridized carbons (Fsp3) is 0.238. The first-order chi connectivity index (χ1) is 13.6. The van der Waals surface area contributed by atoms with Gasteiger partial charge in [0.05, 0.1) is 19.9 Å². The average Bonchev–Trinajstić information content (AvgIpc) is 3.22. The molecule has 0 atom stereocenters. The number of amides is 1. The Kier molecular flexibility index (Phi) is 6.90. The van der Waals surface area contributed by atoms with E-state index in [1.807, 2.05) is 47.8 Å². The Balaban J connectivity index is 1.72. The predicted octanol–water partition coefficient (Wildman–Crippen LogP) is 4.74. The van der Waals surface area contributed by atoms with E-state index in [-0.39, 0.29) is 5.91 Å². The minimum atomic E-state index is -0.0430. The van der Waals surface area contributed by atoms with Gasteiger partial charge in [-0.15, -0.1) is 22.9 Å². The molecule has 1 heterocycles. The van der Waals surface area contributed by atoms with Crippen molar-refractivity contribution in [3.05, 3.63) is 53.4 Å². The summed E-state index contributed by atoms with van der Waals surface area (Å²) in [5.41, 5.74) is 3.92. The zero-order valence-corrected chi connectivity index (χ0v) is 17.3. The molecular formula is C21H21ClN2O3S. The molecule has 1 N–H and O–H groups in total. The first-order valence-corrected chi connectivity index (χ1v) is 10.2. The maximum Gasteiger partial charge on any atom is 0.221 e. The third-order valence-electron chi connectivity index (χ3n) is 4.20. The van der Waals surface area contributed by atoms with Crippen LogP contribution in [-0.4, -0.2) is 31.0 Å². The standard InChI is InChI=1S/C21H21ClN2O3S/c1-26-18-8-7-16(11-19(18)27-2)17-13-28-21(24-17)15-5-3-14(4-6-15)12-23-20(25)9-10-22/h3-8,11,13H,9-10,12H2,1-2H3,(H,23,25). The lowest BCUT2D eigenvalue weighted by atomic mass is 10.1. The Morgan fingerprint density at radius 2 is 1.79 bits per heavy atom. The number of aromatic nitrogens is 1. The largest absolute Gasteiger partial charge is 0.493 e. The molecule has 0 saturated heterocycles. The van der Waals surface area contributed by atoms with Crippen LogP contribution in [0.5, 0.6) is 11.5 Å². The van der Waals surface area contributed by atoms with Gasteiger partial charge in [-0.05, 0) is 23.8 Å². The zero-order chi connectivity index (χ0) is 19.9. The van der Waals surface area contributed by atoms with Crippen molar-refractivity contribution in [2.45, 2.75) is 13.0 Å². The van der Waals surface area contributed by atoms with Crippen molar-refractivity contribution >= 4 is 28.8 Å². The number of nitrogens with zero attached hydrogens (tertiary/aromatic N) is 1. The summed E-state index contributed by atoms with van der Waals surface area (Å²) < 4.78 is 10.7. The molecule has 28 heavy (non-hydrogen) atoms. The van der Waals surface area contributed by atoms with Crippen LogP contribution < -0.4 is 14.8 Å². The second kappa shape index (κ2) is 9.57. The number of benzene rings is 2. The van der Waals surface area contributed by atoms with Gasteiger partial charge in [-0.1, -0.05) is 24.3 Å². The van der Waals surface area contributed by atoms with Gasteiger partial charge >= 0.3 is 0 Å². The summed E-state index contributed by atoms with van der Waals surface area (Å²) in [4.78, 5) is 16.3.